The van der Waals surface area contributed by atoms with Crippen LogP contribution >= 0.6 is 11.6 Å². The summed E-state index contributed by atoms with van der Waals surface area (Å²) in [5.74, 6) is 0.823. The fourth-order valence-corrected chi connectivity index (χ4v) is 7.16. The fourth-order valence-electron chi connectivity index (χ4n) is 6.89. The molecule has 5 rings (SSSR count). The van der Waals surface area contributed by atoms with Crippen LogP contribution in [0.4, 0.5) is 0 Å². The Balaban J connectivity index is 1.37. The number of carboxylic acid groups (broad SMARTS) is 1. The van der Waals surface area contributed by atoms with E-state index in [1.165, 1.54) is 31.2 Å². The zero-order chi connectivity index (χ0) is 23.8. The predicted octanol–water partition coefficient (Wildman–Crippen LogP) is 7.62. The molecule has 0 aromatic heterocycles. The van der Waals surface area contributed by atoms with Crippen molar-refractivity contribution in [3.8, 4) is 5.75 Å². The Hall–Kier alpha value is -1.78. The van der Waals surface area contributed by atoms with Gasteiger partial charge in [0.25, 0.3) is 0 Å². The van der Waals surface area contributed by atoms with Crippen molar-refractivity contribution in [2.45, 2.75) is 102 Å². The number of fused-ring (bicyclic) bond motifs is 3. The Bertz CT molecular complexity index is 1020. The zero-order valence-electron chi connectivity index (χ0n) is 20.5. The van der Waals surface area contributed by atoms with Crippen LogP contribution in [0.2, 0.25) is 5.02 Å². The van der Waals surface area contributed by atoms with Gasteiger partial charge in [0.05, 0.1) is 17.0 Å². The Kier molecular flexibility index (Phi) is 7.09. The van der Waals surface area contributed by atoms with Crippen molar-refractivity contribution in [1.29, 1.82) is 0 Å². The molecule has 2 aromatic rings. The molecule has 184 valence electrons. The highest BCUT2D eigenvalue weighted by atomic mass is 35.5. The van der Waals surface area contributed by atoms with Crippen LogP contribution in [0.5, 0.6) is 5.75 Å². The van der Waals surface area contributed by atoms with Gasteiger partial charge in [0.15, 0.2) is 0 Å². The Labute approximate surface area is 208 Å². The highest BCUT2D eigenvalue weighted by Crippen LogP contribution is 2.43. The minimum atomic E-state index is -0.627. The minimum absolute atomic E-state index is 0.197. The van der Waals surface area contributed by atoms with Crippen molar-refractivity contribution < 1.29 is 14.6 Å². The third-order valence-electron chi connectivity index (χ3n) is 8.92. The number of hydrogen-bond acceptors (Lipinski definition) is 3. The van der Waals surface area contributed by atoms with Crippen LogP contribution in [0, 0.1) is 11.8 Å². The van der Waals surface area contributed by atoms with E-state index in [4.69, 9.17) is 16.3 Å². The number of nitrogens with zero attached hydrogens (tertiary/aromatic N) is 1. The maximum Gasteiger partial charge on any atom is 0.306 e. The molecule has 3 fully saturated rings. The van der Waals surface area contributed by atoms with Crippen molar-refractivity contribution >= 4 is 28.3 Å². The number of piperidine rings is 2. The average Bonchev–Trinajstić information content (AvgIpc) is 2.84. The maximum absolute atomic E-state index is 11.7. The van der Waals surface area contributed by atoms with Gasteiger partial charge in [-0.2, -0.15) is 0 Å². The molecule has 1 N–H and O–H groups in total. The van der Waals surface area contributed by atoms with E-state index < -0.39 is 5.97 Å². The van der Waals surface area contributed by atoms with Gasteiger partial charge in [-0.15, -0.1) is 0 Å². The lowest BCUT2D eigenvalue weighted by Crippen LogP contribution is -2.53. The van der Waals surface area contributed by atoms with Gasteiger partial charge in [0.2, 0.25) is 0 Å². The number of hydrogen-bond donors (Lipinski definition) is 1. The Morgan fingerprint density at radius 3 is 2.41 bits per heavy atom. The molecule has 4 nitrogen and oxygen atoms in total. The molecule has 5 heteroatoms. The summed E-state index contributed by atoms with van der Waals surface area (Å²) in [6, 6.07) is 11.7. The zero-order valence-corrected chi connectivity index (χ0v) is 21.3. The van der Waals surface area contributed by atoms with E-state index in [9.17, 15) is 9.90 Å². The normalized spacial score (nSPS) is 30.7. The summed E-state index contributed by atoms with van der Waals surface area (Å²) < 4.78 is 6.40. The van der Waals surface area contributed by atoms with Crippen LogP contribution in [0.3, 0.4) is 0 Å². The van der Waals surface area contributed by atoms with Gasteiger partial charge < -0.3 is 9.84 Å². The molecular weight excluding hydrogens is 446 g/mol. The number of aliphatic carboxylic acids is 1. The monoisotopic (exact) mass is 483 g/mol. The van der Waals surface area contributed by atoms with E-state index >= 15 is 0 Å². The molecule has 3 atom stereocenters. The summed E-state index contributed by atoms with van der Waals surface area (Å²) in [4.78, 5) is 14.3. The maximum atomic E-state index is 11.7. The number of benzene rings is 2. The predicted molar refractivity (Wildman–Crippen MR) is 138 cm³/mol. The highest BCUT2D eigenvalue weighted by molar-refractivity contribution is 6.37. The van der Waals surface area contributed by atoms with E-state index in [0.717, 1.165) is 61.0 Å². The average molecular weight is 484 g/mol. The molecule has 3 aliphatic rings. The number of rotatable bonds is 6. The first kappa shape index (κ1) is 23.9. The quantitative estimate of drug-likeness (QED) is 0.459. The summed E-state index contributed by atoms with van der Waals surface area (Å²) in [7, 11) is 0. The molecule has 2 heterocycles. The molecule has 2 aromatic carbocycles. The lowest BCUT2D eigenvalue weighted by Gasteiger charge is -2.51. The van der Waals surface area contributed by atoms with E-state index in [2.05, 4.69) is 43.0 Å². The fraction of sp³-hybridized carbons (Fsp3) is 0.621. The van der Waals surface area contributed by atoms with Gasteiger partial charge in [-0.05, 0) is 87.3 Å². The highest BCUT2D eigenvalue weighted by Gasteiger charge is 2.42. The van der Waals surface area contributed by atoms with E-state index in [1.54, 1.807) is 0 Å². The van der Waals surface area contributed by atoms with Crippen LogP contribution in [0.25, 0.3) is 10.8 Å². The number of carboxylic acids is 1. The van der Waals surface area contributed by atoms with Crippen LogP contribution in [0.1, 0.15) is 89.7 Å². The van der Waals surface area contributed by atoms with Crippen LogP contribution < -0.4 is 4.74 Å². The van der Waals surface area contributed by atoms with Crippen LogP contribution in [0.15, 0.2) is 30.3 Å². The van der Waals surface area contributed by atoms with Crippen LogP contribution in [-0.4, -0.2) is 34.2 Å². The van der Waals surface area contributed by atoms with Gasteiger partial charge in [-0.3, -0.25) is 9.69 Å². The second-order valence-corrected chi connectivity index (χ2v) is 11.3. The first-order valence-corrected chi connectivity index (χ1v) is 13.7. The molecular formula is C29H38ClNO3. The van der Waals surface area contributed by atoms with Gasteiger partial charge in [0.1, 0.15) is 5.75 Å². The number of ether oxygens (including phenoxy) is 1. The summed E-state index contributed by atoms with van der Waals surface area (Å²) in [6.07, 6.45) is 11.2. The minimum Gasteiger partial charge on any atom is -0.489 e. The molecule has 34 heavy (non-hydrogen) atoms. The third-order valence-corrected chi connectivity index (χ3v) is 9.31. The van der Waals surface area contributed by atoms with Crippen molar-refractivity contribution in [2.75, 3.05) is 0 Å². The van der Waals surface area contributed by atoms with Gasteiger partial charge in [-0.25, -0.2) is 0 Å². The number of halogens is 1. The topological polar surface area (TPSA) is 49.8 Å². The summed E-state index contributed by atoms with van der Waals surface area (Å²) in [6.45, 7) is 4.56. The van der Waals surface area contributed by atoms with E-state index in [-0.39, 0.29) is 18.1 Å². The SMILES string of the molecule is CCC1CCC(Oc2ccc3ccc(C(C)N4C5CCCC4CC(C(=O)O)C5)cc3c2Cl)CC1. The molecule has 1 saturated carbocycles. The Morgan fingerprint density at radius 2 is 1.76 bits per heavy atom. The van der Waals surface area contributed by atoms with Crippen molar-refractivity contribution in [1.82, 2.24) is 4.90 Å². The van der Waals surface area contributed by atoms with Gasteiger partial charge in [-0.1, -0.05) is 49.6 Å². The Morgan fingerprint density at radius 1 is 1.09 bits per heavy atom. The second-order valence-electron chi connectivity index (χ2n) is 10.9. The van der Waals surface area contributed by atoms with Crippen molar-refractivity contribution in [3.05, 3.63) is 40.9 Å². The summed E-state index contributed by atoms with van der Waals surface area (Å²) in [5, 5.41) is 12.5. The van der Waals surface area contributed by atoms with Gasteiger partial charge in [0, 0.05) is 23.5 Å². The third kappa shape index (κ3) is 4.68. The molecule has 3 unspecified atom stereocenters. The molecule has 0 amide bonds. The standard InChI is InChI=1S/C29H38ClNO3/c1-3-19-7-12-25(13-8-19)34-27-14-11-20-9-10-21(17-26(20)28(27)30)18(2)31-23-5-4-6-24(31)16-22(15-23)29(32)33/h9-11,14,17-19,22-25H,3-8,12-13,15-16H2,1-2H3,(H,32,33). The van der Waals surface area contributed by atoms with Gasteiger partial charge >= 0.3 is 5.97 Å². The molecule has 0 radical (unpaired) electrons. The van der Waals surface area contributed by atoms with E-state index in [1.807, 2.05) is 6.07 Å². The lowest BCUT2D eigenvalue weighted by atomic mass is 9.77. The second kappa shape index (κ2) is 10.1. The summed E-state index contributed by atoms with van der Waals surface area (Å²) >= 11 is 6.93. The molecule has 2 saturated heterocycles. The molecule has 2 aliphatic heterocycles. The number of carbonyl (C=O) groups is 1. The van der Waals surface area contributed by atoms with E-state index in [0.29, 0.717) is 17.1 Å². The molecule has 2 bridgehead atoms. The van der Waals surface area contributed by atoms with Crippen molar-refractivity contribution in [2.24, 2.45) is 11.8 Å². The molecule has 1 aliphatic carbocycles. The largest absolute Gasteiger partial charge is 0.489 e. The smallest absolute Gasteiger partial charge is 0.306 e. The van der Waals surface area contributed by atoms with Crippen LogP contribution in [-0.2, 0) is 4.79 Å². The summed E-state index contributed by atoms with van der Waals surface area (Å²) in [5.41, 5.74) is 1.25. The molecule has 0 spiro atoms. The first-order valence-electron chi connectivity index (χ1n) is 13.3. The lowest BCUT2D eigenvalue weighted by molar-refractivity contribution is -0.147. The first-order chi connectivity index (χ1) is 16.4. The van der Waals surface area contributed by atoms with Crippen molar-refractivity contribution in [3.63, 3.8) is 0 Å².